The van der Waals surface area contributed by atoms with E-state index in [1.54, 1.807) is 24.3 Å². The summed E-state index contributed by atoms with van der Waals surface area (Å²) in [6.45, 7) is 0.829. The first kappa shape index (κ1) is 30.0. The van der Waals surface area contributed by atoms with Crippen LogP contribution in [0, 0.1) is 17.7 Å². The SMILES string of the molecule is O=C1OCC/C1=C\[C@@H](C[C@H]1CCNC1=O)NC(=O)[C@H](CC(=O)c1ccc(-c2cccc3ccccc23)[nH]1)Cc1ccc(F)cc1. The first-order valence-corrected chi connectivity index (χ1v) is 15.2. The fraction of sp³-hybridized carbons (Fsp3) is 0.278. The van der Waals surface area contributed by atoms with E-state index >= 15 is 0 Å². The minimum absolute atomic E-state index is 0.0894. The molecule has 8 nitrogen and oxygen atoms in total. The molecule has 3 heterocycles. The van der Waals surface area contributed by atoms with Gasteiger partial charge in [-0.1, -0.05) is 60.7 Å². The number of halogens is 1. The minimum Gasteiger partial charge on any atom is -0.462 e. The van der Waals surface area contributed by atoms with Gasteiger partial charge in [-0.2, -0.15) is 0 Å². The summed E-state index contributed by atoms with van der Waals surface area (Å²) < 4.78 is 18.7. The molecule has 3 aromatic carbocycles. The number of aromatic nitrogens is 1. The number of H-pyrrole nitrogens is 1. The first-order valence-electron chi connectivity index (χ1n) is 15.2. The van der Waals surface area contributed by atoms with Crippen molar-refractivity contribution in [1.29, 1.82) is 0 Å². The summed E-state index contributed by atoms with van der Waals surface area (Å²) in [5.74, 6) is -2.65. The summed E-state index contributed by atoms with van der Waals surface area (Å²) in [5, 5.41) is 7.96. The minimum atomic E-state index is -0.791. The Hall–Kier alpha value is -5.05. The predicted octanol–water partition coefficient (Wildman–Crippen LogP) is 5.29. The zero-order valence-corrected chi connectivity index (χ0v) is 24.7. The van der Waals surface area contributed by atoms with E-state index in [-0.39, 0.29) is 43.0 Å². The zero-order chi connectivity index (χ0) is 31.3. The van der Waals surface area contributed by atoms with Crippen molar-refractivity contribution < 1.29 is 28.3 Å². The number of hydrogen-bond acceptors (Lipinski definition) is 5. The van der Waals surface area contributed by atoms with Crippen LogP contribution in [-0.2, 0) is 25.5 Å². The standard InChI is InChI=1S/C36H34FN3O5/c37-27-10-8-22(9-11-27)18-26(35(43)39-28(19-24-14-16-38-34(24)42)20-25-15-17-45-36(25)44)21-33(41)32-13-12-31(40-32)30-7-3-5-23-4-1-2-6-29(23)30/h1-13,20,24,26,28,40H,14-19,21H2,(H,38,42)(H,39,43)/b25-20+/t24-,26+,28-/m1/s1. The van der Waals surface area contributed by atoms with Crippen LogP contribution in [0.1, 0.15) is 41.7 Å². The van der Waals surface area contributed by atoms with E-state index in [1.807, 2.05) is 48.5 Å². The van der Waals surface area contributed by atoms with E-state index < -0.39 is 23.7 Å². The van der Waals surface area contributed by atoms with Gasteiger partial charge in [-0.15, -0.1) is 0 Å². The van der Waals surface area contributed by atoms with E-state index in [2.05, 4.69) is 15.6 Å². The third-order valence-corrected chi connectivity index (χ3v) is 8.56. The second-order valence-electron chi connectivity index (χ2n) is 11.7. The van der Waals surface area contributed by atoms with Gasteiger partial charge in [0.15, 0.2) is 5.78 Å². The second-order valence-corrected chi connectivity index (χ2v) is 11.7. The molecule has 0 bridgehead atoms. The number of fused-ring (bicyclic) bond motifs is 1. The number of ketones is 1. The number of esters is 1. The smallest absolute Gasteiger partial charge is 0.333 e. The largest absolute Gasteiger partial charge is 0.462 e. The van der Waals surface area contributed by atoms with Gasteiger partial charge in [0.2, 0.25) is 11.8 Å². The highest BCUT2D eigenvalue weighted by atomic mass is 19.1. The van der Waals surface area contributed by atoms with Crippen molar-refractivity contribution in [3.05, 3.63) is 108 Å². The number of rotatable bonds is 11. The lowest BCUT2D eigenvalue weighted by Crippen LogP contribution is -2.41. The molecule has 0 unspecified atom stereocenters. The number of amides is 2. The van der Waals surface area contributed by atoms with Gasteiger partial charge >= 0.3 is 5.97 Å². The number of Topliss-reactive ketones (excluding diaryl/α,β-unsaturated/α-hetero) is 1. The number of benzene rings is 3. The maximum absolute atomic E-state index is 13.9. The number of cyclic esters (lactones) is 1. The molecule has 2 amide bonds. The lowest BCUT2D eigenvalue weighted by atomic mass is 9.91. The van der Waals surface area contributed by atoms with Crippen LogP contribution >= 0.6 is 0 Å². The monoisotopic (exact) mass is 607 g/mol. The first-order chi connectivity index (χ1) is 21.8. The molecule has 3 N–H and O–H groups in total. The van der Waals surface area contributed by atoms with Crippen LogP contribution in [0.25, 0.3) is 22.0 Å². The number of ether oxygens (including phenoxy) is 1. The highest BCUT2D eigenvalue weighted by Crippen LogP contribution is 2.29. The van der Waals surface area contributed by atoms with Gasteiger partial charge in [-0.25, -0.2) is 9.18 Å². The third kappa shape index (κ3) is 7.03. The second kappa shape index (κ2) is 13.3. The number of carbonyl (C=O) groups excluding carboxylic acids is 4. The van der Waals surface area contributed by atoms with Crippen molar-refractivity contribution >= 4 is 34.3 Å². The van der Waals surface area contributed by atoms with Gasteiger partial charge in [0.1, 0.15) is 5.82 Å². The molecule has 2 aliphatic heterocycles. The fourth-order valence-corrected chi connectivity index (χ4v) is 6.16. The third-order valence-electron chi connectivity index (χ3n) is 8.56. The molecular formula is C36H34FN3O5. The number of hydrogen-bond donors (Lipinski definition) is 3. The van der Waals surface area contributed by atoms with Gasteiger partial charge in [-0.05, 0) is 59.9 Å². The topological polar surface area (TPSA) is 117 Å². The van der Waals surface area contributed by atoms with Crippen LogP contribution in [0.2, 0.25) is 0 Å². The Bertz CT molecular complexity index is 1770. The Kier molecular flexibility index (Phi) is 8.86. The quantitative estimate of drug-likeness (QED) is 0.122. The fourth-order valence-electron chi connectivity index (χ4n) is 6.16. The molecule has 45 heavy (non-hydrogen) atoms. The summed E-state index contributed by atoms with van der Waals surface area (Å²) in [7, 11) is 0. The number of carbonyl (C=O) groups is 4. The summed E-state index contributed by atoms with van der Waals surface area (Å²) in [5.41, 5.74) is 3.29. The van der Waals surface area contributed by atoms with Crippen LogP contribution < -0.4 is 10.6 Å². The van der Waals surface area contributed by atoms with Crippen molar-refractivity contribution in [1.82, 2.24) is 15.6 Å². The Morgan fingerprint density at radius 3 is 2.56 bits per heavy atom. The molecule has 0 aliphatic carbocycles. The lowest BCUT2D eigenvalue weighted by molar-refractivity contribution is -0.135. The molecule has 3 atom stereocenters. The van der Waals surface area contributed by atoms with Gasteiger partial charge < -0.3 is 20.4 Å². The van der Waals surface area contributed by atoms with Crippen molar-refractivity contribution in [2.24, 2.45) is 11.8 Å². The molecule has 4 aromatic rings. The summed E-state index contributed by atoms with van der Waals surface area (Å²) >= 11 is 0. The average Bonchev–Trinajstić information content (AvgIpc) is 3.80. The molecular weight excluding hydrogens is 573 g/mol. The molecule has 0 radical (unpaired) electrons. The van der Waals surface area contributed by atoms with Gasteiger partial charge in [0.25, 0.3) is 0 Å². The molecule has 0 saturated carbocycles. The molecule has 6 rings (SSSR count). The van der Waals surface area contributed by atoms with Crippen LogP contribution in [0.4, 0.5) is 4.39 Å². The van der Waals surface area contributed by atoms with E-state index in [4.69, 9.17) is 4.74 Å². The molecule has 9 heteroatoms. The Morgan fingerprint density at radius 2 is 1.80 bits per heavy atom. The van der Waals surface area contributed by atoms with Crippen molar-refractivity contribution in [2.75, 3.05) is 13.2 Å². The average molecular weight is 608 g/mol. The van der Waals surface area contributed by atoms with Crippen molar-refractivity contribution in [3.8, 4) is 11.3 Å². The van der Waals surface area contributed by atoms with Gasteiger partial charge in [-0.3, -0.25) is 14.4 Å². The maximum Gasteiger partial charge on any atom is 0.333 e. The number of nitrogens with one attached hydrogen (secondary N) is 3. The van der Waals surface area contributed by atoms with Crippen LogP contribution in [0.5, 0.6) is 0 Å². The summed E-state index contributed by atoms with van der Waals surface area (Å²) in [6, 6.07) is 22.8. The van der Waals surface area contributed by atoms with Crippen molar-refractivity contribution in [2.45, 2.75) is 38.1 Å². The predicted molar refractivity (Wildman–Crippen MR) is 168 cm³/mol. The molecule has 2 saturated heterocycles. The summed E-state index contributed by atoms with van der Waals surface area (Å²) in [6.07, 6.45) is 3.14. The maximum atomic E-state index is 13.9. The van der Waals surface area contributed by atoms with Gasteiger partial charge in [0.05, 0.1) is 12.3 Å². The van der Waals surface area contributed by atoms with E-state index in [1.165, 1.54) is 12.1 Å². The van der Waals surface area contributed by atoms with Crippen LogP contribution in [-0.4, -0.2) is 47.7 Å². The van der Waals surface area contributed by atoms with Crippen LogP contribution in [0.3, 0.4) is 0 Å². The normalized spacial score (nSPS) is 18.5. The molecule has 2 aliphatic rings. The van der Waals surface area contributed by atoms with E-state index in [0.29, 0.717) is 42.6 Å². The molecule has 2 fully saturated rings. The highest BCUT2D eigenvalue weighted by Gasteiger charge is 2.31. The van der Waals surface area contributed by atoms with Crippen LogP contribution in [0.15, 0.2) is 90.5 Å². The lowest BCUT2D eigenvalue weighted by Gasteiger charge is -2.22. The molecule has 0 spiro atoms. The Morgan fingerprint density at radius 1 is 1.00 bits per heavy atom. The van der Waals surface area contributed by atoms with Gasteiger partial charge in [0, 0.05) is 54.1 Å². The highest BCUT2D eigenvalue weighted by molar-refractivity contribution is 6.00. The number of aromatic amines is 1. The molecule has 230 valence electrons. The Balaban J connectivity index is 1.24. The van der Waals surface area contributed by atoms with E-state index in [9.17, 15) is 23.6 Å². The molecule has 1 aromatic heterocycles. The van der Waals surface area contributed by atoms with E-state index in [0.717, 1.165) is 22.0 Å². The summed E-state index contributed by atoms with van der Waals surface area (Å²) in [4.78, 5) is 55.4. The Labute approximate surface area is 260 Å². The zero-order valence-electron chi connectivity index (χ0n) is 24.7. The van der Waals surface area contributed by atoms with Crippen molar-refractivity contribution in [3.63, 3.8) is 0 Å².